The molecule has 2 rings (SSSR count). The number of nitro benzene ring substituents is 1. The molecule has 0 fully saturated rings. The van der Waals surface area contributed by atoms with E-state index in [0.29, 0.717) is 17.9 Å². The molecule has 1 aromatic heterocycles. The normalized spacial score (nSPS) is 10.4. The zero-order chi connectivity index (χ0) is 13.8. The first-order valence-corrected chi connectivity index (χ1v) is 6.62. The minimum atomic E-state index is -0.453. The third-order valence-corrected chi connectivity index (χ3v) is 3.35. The largest absolute Gasteiger partial charge is 0.398 e. The standard InChI is InChI=1S/C12H14N4O2S/c1-8-15-10(7-19-8)2-3-14-11-4-9(13)5-12(6-11)16(17)18/h4-7,14H,2-3,13H2,1H3. The molecular formula is C12H14N4O2S. The quantitative estimate of drug-likeness (QED) is 0.498. The molecule has 0 radical (unpaired) electrons. The number of rotatable bonds is 5. The molecule has 0 aliphatic heterocycles. The van der Waals surface area contributed by atoms with E-state index >= 15 is 0 Å². The van der Waals surface area contributed by atoms with Crippen molar-refractivity contribution < 1.29 is 4.92 Å². The fraction of sp³-hybridized carbons (Fsp3) is 0.250. The number of benzene rings is 1. The molecule has 6 nitrogen and oxygen atoms in total. The Balaban J connectivity index is 1.97. The highest BCUT2D eigenvalue weighted by atomic mass is 32.1. The second kappa shape index (κ2) is 5.66. The van der Waals surface area contributed by atoms with Gasteiger partial charge in [-0.15, -0.1) is 11.3 Å². The first-order chi connectivity index (χ1) is 9.04. The molecule has 2 aromatic rings. The Labute approximate surface area is 114 Å². The summed E-state index contributed by atoms with van der Waals surface area (Å²) in [6.07, 6.45) is 0.771. The second-order valence-corrected chi connectivity index (χ2v) is 5.17. The van der Waals surface area contributed by atoms with E-state index in [0.717, 1.165) is 17.1 Å². The molecule has 0 aliphatic rings. The van der Waals surface area contributed by atoms with Crippen LogP contribution in [0.4, 0.5) is 17.1 Å². The summed E-state index contributed by atoms with van der Waals surface area (Å²) in [6, 6.07) is 4.50. The van der Waals surface area contributed by atoms with Gasteiger partial charge in [-0.25, -0.2) is 4.98 Å². The van der Waals surface area contributed by atoms with Gasteiger partial charge in [-0.2, -0.15) is 0 Å². The van der Waals surface area contributed by atoms with Crippen LogP contribution in [0.15, 0.2) is 23.6 Å². The molecule has 1 aromatic carbocycles. The van der Waals surface area contributed by atoms with E-state index in [1.807, 2.05) is 12.3 Å². The van der Waals surface area contributed by atoms with Gasteiger partial charge in [0.25, 0.3) is 5.69 Å². The number of nitrogens with one attached hydrogen (secondary N) is 1. The third-order valence-electron chi connectivity index (χ3n) is 2.53. The lowest BCUT2D eigenvalue weighted by atomic mass is 10.2. The zero-order valence-electron chi connectivity index (χ0n) is 10.4. The summed E-state index contributed by atoms with van der Waals surface area (Å²) >= 11 is 1.61. The summed E-state index contributed by atoms with van der Waals surface area (Å²) in [5.41, 5.74) is 7.67. The van der Waals surface area contributed by atoms with Crippen LogP contribution in [-0.4, -0.2) is 16.5 Å². The van der Waals surface area contributed by atoms with Crippen LogP contribution in [0.1, 0.15) is 10.7 Å². The van der Waals surface area contributed by atoms with Gasteiger partial charge in [-0.3, -0.25) is 10.1 Å². The smallest absolute Gasteiger partial charge is 0.273 e. The van der Waals surface area contributed by atoms with E-state index in [2.05, 4.69) is 10.3 Å². The molecule has 0 saturated carbocycles. The number of nitrogens with two attached hydrogens (primary N) is 1. The lowest BCUT2D eigenvalue weighted by Gasteiger charge is -2.06. The number of hydrogen-bond acceptors (Lipinski definition) is 6. The van der Waals surface area contributed by atoms with Crippen LogP contribution in [0.3, 0.4) is 0 Å². The van der Waals surface area contributed by atoms with Crippen molar-refractivity contribution in [1.29, 1.82) is 0 Å². The van der Waals surface area contributed by atoms with Crippen LogP contribution in [0, 0.1) is 17.0 Å². The summed E-state index contributed by atoms with van der Waals surface area (Å²) in [5.74, 6) is 0. The number of aryl methyl sites for hydroxylation is 1. The maximum Gasteiger partial charge on any atom is 0.273 e. The molecule has 19 heavy (non-hydrogen) atoms. The number of non-ortho nitro benzene ring substituents is 1. The maximum absolute atomic E-state index is 10.7. The molecule has 1 heterocycles. The lowest BCUT2D eigenvalue weighted by Crippen LogP contribution is -2.06. The number of anilines is 2. The average Bonchev–Trinajstić information content (AvgIpc) is 2.74. The fourth-order valence-corrected chi connectivity index (χ4v) is 2.35. The molecule has 0 unspecified atom stereocenters. The van der Waals surface area contributed by atoms with Gasteiger partial charge in [0.2, 0.25) is 0 Å². The Morgan fingerprint density at radius 2 is 2.26 bits per heavy atom. The van der Waals surface area contributed by atoms with Gasteiger partial charge < -0.3 is 11.1 Å². The maximum atomic E-state index is 10.7. The van der Waals surface area contributed by atoms with Crippen molar-refractivity contribution in [2.24, 2.45) is 0 Å². The van der Waals surface area contributed by atoms with E-state index in [1.54, 1.807) is 17.4 Å². The summed E-state index contributed by atoms with van der Waals surface area (Å²) in [6.45, 7) is 2.62. The molecule has 100 valence electrons. The number of hydrogen-bond donors (Lipinski definition) is 2. The second-order valence-electron chi connectivity index (χ2n) is 4.10. The van der Waals surface area contributed by atoms with Gasteiger partial charge >= 0.3 is 0 Å². The zero-order valence-corrected chi connectivity index (χ0v) is 11.2. The molecule has 0 aliphatic carbocycles. The Bertz CT molecular complexity index is 597. The van der Waals surface area contributed by atoms with Gasteiger partial charge in [-0.05, 0) is 13.0 Å². The number of thiazole rings is 1. The van der Waals surface area contributed by atoms with E-state index in [4.69, 9.17) is 5.73 Å². The van der Waals surface area contributed by atoms with Crippen molar-refractivity contribution in [3.8, 4) is 0 Å². The Hall–Kier alpha value is -2.15. The van der Waals surface area contributed by atoms with Crippen LogP contribution in [0.25, 0.3) is 0 Å². The van der Waals surface area contributed by atoms with E-state index < -0.39 is 4.92 Å². The van der Waals surface area contributed by atoms with E-state index in [-0.39, 0.29) is 5.69 Å². The third kappa shape index (κ3) is 3.65. The van der Waals surface area contributed by atoms with E-state index in [1.165, 1.54) is 12.1 Å². The Kier molecular flexibility index (Phi) is 3.96. The van der Waals surface area contributed by atoms with Crippen molar-refractivity contribution in [2.45, 2.75) is 13.3 Å². The number of aromatic nitrogens is 1. The SMILES string of the molecule is Cc1nc(CCNc2cc(N)cc([N+](=O)[O-])c2)cs1. The molecule has 0 spiro atoms. The molecule has 0 saturated heterocycles. The molecular weight excluding hydrogens is 264 g/mol. The highest BCUT2D eigenvalue weighted by Gasteiger charge is 2.08. The van der Waals surface area contributed by atoms with Gasteiger partial charge in [0.1, 0.15) is 0 Å². The van der Waals surface area contributed by atoms with Crippen molar-refractivity contribution in [1.82, 2.24) is 4.98 Å². The first-order valence-electron chi connectivity index (χ1n) is 5.74. The summed E-state index contributed by atoms with van der Waals surface area (Å²) in [4.78, 5) is 14.6. The average molecular weight is 278 g/mol. The first kappa shape index (κ1) is 13.3. The van der Waals surface area contributed by atoms with Crippen LogP contribution in [0.5, 0.6) is 0 Å². The minimum Gasteiger partial charge on any atom is -0.398 e. The van der Waals surface area contributed by atoms with Crippen LogP contribution in [0.2, 0.25) is 0 Å². The molecule has 0 atom stereocenters. The predicted octanol–water partition coefficient (Wildman–Crippen LogP) is 2.60. The van der Waals surface area contributed by atoms with Gasteiger partial charge in [0.15, 0.2) is 0 Å². The van der Waals surface area contributed by atoms with Crippen molar-refractivity contribution >= 4 is 28.4 Å². The van der Waals surface area contributed by atoms with Crippen LogP contribution >= 0.6 is 11.3 Å². The van der Waals surface area contributed by atoms with Crippen molar-refractivity contribution in [2.75, 3.05) is 17.6 Å². The van der Waals surface area contributed by atoms with Crippen LogP contribution in [-0.2, 0) is 6.42 Å². The summed E-state index contributed by atoms with van der Waals surface area (Å²) in [7, 11) is 0. The summed E-state index contributed by atoms with van der Waals surface area (Å²) in [5, 5.41) is 16.9. The van der Waals surface area contributed by atoms with Gasteiger partial charge in [-0.1, -0.05) is 0 Å². The Morgan fingerprint density at radius 3 is 2.89 bits per heavy atom. The van der Waals surface area contributed by atoms with Crippen molar-refractivity contribution in [3.05, 3.63) is 44.4 Å². The highest BCUT2D eigenvalue weighted by Crippen LogP contribution is 2.22. The molecule has 3 N–H and O–H groups in total. The van der Waals surface area contributed by atoms with Gasteiger partial charge in [0.05, 0.1) is 15.6 Å². The Morgan fingerprint density at radius 1 is 1.47 bits per heavy atom. The van der Waals surface area contributed by atoms with Crippen molar-refractivity contribution in [3.63, 3.8) is 0 Å². The van der Waals surface area contributed by atoms with Gasteiger partial charge in [0, 0.05) is 41.9 Å². The molecule has 7 heteroatoms. The number of nitro groups is 1. The minimum absolute atomic E-state index is 0.00740. The van der Waals surface area contributed by atoms with E-state index in [9.17, 15) is 10.1 Å². The predicted molar refractivity (Wildman–Crippen MR) is 76.6 cm³/mol. The number of nitrogen functional groups attached to an aromatic ring is 1. The topological polar surface area (TPSA) is 94.1 Å². The monoisotopic (exact) mass is 278 g/mol. The van der Waals surface area contributed by atoms with Crippen LogP contribution < -0.4 is 11.1 Å². The fourth-order valence-electron chi connectivity index (χ4n) is 1.70. The summed E-state index contributed by atoms with van der Waals surface area (Å²) < 4.78 is 0. The number of nitrogens with zero attached hydrogens (tertiary/aromatic N) is 2. The molecule has 0 amide bonds. The molecule has 0 bridgehead atoms. The lowest BCUT2D eigenvalue weighted by molar-refractivity contribution is -0.384. The highest BCUT2D eigenvalue weighted by molar-refractivity contribution is 7.09.